The van der Waals surface area contributed by atoms with Gasteiger partial charge in [0.1, 0.15) is 0 Å². The summed E-state index contributed by atoms with van der Waals surface area (Å²) in [6.07, 6.45) is -3.41. The third-order valence-electron chi connectivity index (χ3n) is 5.92. The van der Waals surface area contributed by atoms with E-state index in [1.54, 1.807) is 7.11 Å². The molecule has 170 valence electrons. The number of ether oxygens (including phenoxy) is 2. The van der Waals surface area contributed by atoms with Crippen LogP contribution in [0.5, 0.6) is 5.75 Å². The highest BCUT2D eigenvalue weighted by Gasteiger charge is 2.58. The smallest absolute Gasteiger partial charge is 0.402 e. The quantitative estimate of drug-likeness (QED) is 0.318. The molecule has 7 nitrogen and oxygen atoms in total. The molecule has 0 bridgehead atoms. The fourth-order valence-electron chi connectivity index (χ4n) is 4.48. The molecule has 3 unspecified atom stereocenters. The van der Waals surface area contributed by atoms with Gasteiger partial charge in [-0.05, 0) is 37.8 Å². The molecule has 3 heterocycles. The lowest BCUT2D eigenvalue weighted by Crippen LogP contribution is -2.34. The zero-order valence-corrected chi connectivity index (χ0v) is 19.6. The van der Waals surface area contributed by atoms with Crippen molar-refractivity contribution in [2.45, 2.75) is 36.2 Å². The van der Waals surface area contributed by atoms with Gasteiger partial charge >= 0.3 is 6.36 Å². The minimum absolute atomic E-state index is 0.125. The Hall–Kier alpha value is -1.60. The third-order valence-corrected chi connectivity index (χ3v) is 7.07. The molecule has 0 amide bonds. The van der Waals surface area contributed by atoms with E-state index in [2.05, 4.69) is 42.3 Å². The number of nitrogen functional groups attached to an aromatic ring is 1. The number of anilines is 1. The molecule has 1 aliphatic carbocycles. The number of alkyl halides is 4. The average molecular weight is 551 g/mol. The number of halogens is 4. The number of hydrogen-bond donors (Lipinski definition) is 1. The van der Waals surface area contributed by atoms with E-state index >= 15 is 0 Å². The maximum atomic E-state index is 12.7. The first kappa shape index (κ1) is 22.6. The molecule has 4 rings (SSSR count). The lowest BCUT2D eigenvalue weighted by Gasteiger charge is -2.25. The van der Waals surface area contributed by atoms with Crippen LogP contribution in [-0.2, 0) is 4.74 Å². The van der Waals surface area contributed by atoms with Crippen LogP contribution in [0.2, 0.25) is 0 Å². The summed E-state index contributed by atoms with van der Waals surface area (Å²) in [5.74, 6) is 0.690. The Morgan fingerprint density at radius 2 is 1.94 bits per heavy atom. The Morgan fingerprint density at radius 3 is 2.52 bits per heavy atom. The molecule has 2 aliphatic rings. The van der Waals surface area contributed by atoms with Gasteiger partial charge in [0, 0.05) is 49.6 Å². The van der Waals surface area contributed by atoms with Crippen molar-refractivity contribution >= 4 is 28.4 Å². The van der Waals surface area contributed by atoms with E-state index in [-0.39, 0.29) is 11.9 Å². The van der Waals surface area contributed by atoms with Crippen LogP contribution in [0.3, 0.4) is 0 Å². The van der Waals surface area contributed by atoms with Crippen LogP contribution < -0.4 is 10.5 Å². The maximum absolute atomic E-state index is 12.7. The van der Waals surface area contributed by atoms with Gasteiger partial charge in [0.25, 0.3) is 0 Å². The third kappa shape index (κ3) is 4.63. The molecule has 31 heavy (non-hydrogen) atoms. The molecule has 2 fully saturated rings. The van der Waals surface area contributed by atoms with E-state index in [0.717, 1.165) is 18.8 Å². The number of rotatable bonds is 7. The summed E-state index contributed by atoms with van der Waals surface area (Å²) in [5.41, 5.74) is 7.68. The van der Waals surface area contributed by atoms with Crippen LogP contribution in [0.1, 0.15) is 31.5 Å². The van der Waals surface area contributed by atoms with Crippen LogP contribution in [-0.4, -0.2) is 56.9 Å². The van der Waals surface area contributed by atoms with Gasteiger partial charge in [0.15, 0.2) is 11.6 Å². The van der Waals surface area contributed by atoms with Crippen molar-refractivity contribution in [3.8, 4) is 17.0 Å². The molecule has 0 spiro atoms. The number of piperidine rings is 1. The summed E-state index contributed by atoms with van der Waals surface area (Å²) in [5, 5.41) is 4.68. The monoisotopic (exact) mass is 551 g/mol. The van der Waals surface area contributed by atoms with E-state index in [0.29, 0.717) is 39.7 Å². The zero-order chi connectivity index (χ0) is 22.5. The Balaban J connectivity index is 1.57. The molecule has 0 aromatic carbocycles. The predicted octanol–water partition coefficient (Wildman–Crippen LogP) is 4.06. The van der Waals surface area contributed by atoms with E-state index in [1.807, 2.05) is 24.6 Å². The van der Waals surface area contributed by atoms with Crippen LogP contribution in [0.25, 0.3) is 11.3 Å². The van der Waals surface area contributed by atoms with E-state index < -0.39 is 12.1 Å². The predicted molar refractivity (Wildman–Crippen MR) is 118 cm³/mol. The second-order valence-corrected chi connectivity index (χ2v) is 9.78. The van der Waals surface area contributed by atoms with Crippen molar-refractivity contribution in [1.82, 2.24) is 19.7 Å². The van der Waals surface area contributed by atoms with Gasteiger partial charge in [-0.2, -0.15) is 5.10 Å². The fraction of sp³-hybridized carbons (Fsp3) is 0.600. The first-order chi connectivity index (χ1) is 14.6. The second kappa shape index (κ2) is 8.39. The molecule has 2 aromatic rings. The summed E-state index contributed by atoms with van der Waals surface area (Å²) in [6.45, 7) is 6.81. The van der Waals surface area contributed by atoms with Gasteiger partial charge in [-0.25, -0.2) is 4.98 Å². The highest BCUT2D eigenvalue weighted by Crippen LogP contribution is 2.59. The maximum Gasteiger partial charge on any atom is 0.573 e. The number of methoxy groups -OCH3 is 1. The van der Waals surface area contributed by atoms with Crippen molar-refractivity contribution in [2.75, 3.05) is 32.5 Å². The molecule has 1 saturated heterocycles. The number of nitrogens with zero attached hydrogens (tertiary/aromatic N) is 4. The van der Waals surface area contributed by atoms with E-state index in [9.17, 15) is 13.2 Å². The molecular weight excluding hydrogens is 526 g/mol. The molecule has 11 heteroatoms. The van der Waals surface area contributed by atoms with Gasteiger partial charge in [-0.15, -0.1) is 13.2 Å². The SMILES string of the molecule is COCC(I)N1CC2C(C1)C2c1cc(-c2cnc(N)c(OC(F)(F)F)c2)nn1C(C)C. The minimum Gasteiger partial charge on any atom is -0.402 e. The molecule has 0 radical (unpaired) electrons. The highest BCUT2D eigenvalue weighted by molar-refractivity contribution is 14.1. The number of aromatic nitrogens is 3. The molecule has 1 saturated carbocycles. The van der Waals surface area contributed by atoms with E-state index in [1.165, 1.54) is 12.3 Å². The number of pyridine rings is 1. The van der Waals surface area contributed by atoms with Crippen molar-refractivity contribution in [3.63, 3.8) is 0 Å². The summed E-state index contributed by atoms with van der Waals surface area (Å²) in [7, 11) is 1.71. The van der Waals surface area contributed by atoms with Gasteiger partial charge in [-0.1, -0.05) is 22.6 Å². The van der Waals surface area contributed by atoms with Crippen molar-refractivity contribution in [3.05, 3.63) is 24.0 Å². The Morgan fingerprint density at radius 1 is 1.26 bits per heavy atom. The zero-order valence-electron chi connectivity index (χ0n) is 17.4. The van der Waals surface area contributed by atoms with Crippen molar-refractivity contribution in [1.29, 1.82) is 0 Å². The normalized spacial score (nSPS) is 24.5. The summed E-state index contributed by atoms with van der Waals surface area (Å²) in [4.78, 5) is 6.31. The minimum atomic E-state index is -4.84. The van der Waals surface area contributed by atoms with Crippen molar-refractivity contribution in [2.24, 2.45) is 11.8 Å². The second-order valence-electron chi connectivity index (χ2n) is 8.35. The molecule has 1 aliphatic heterocycles. The Labute approximate surface area is 192 Å². The number of nitrogens with two attached hydrogens (primary N) is 1. The van der Waals surface area contributed by atoms with Crippen LogP contribution >= 0.6 is 22.6 Å². The van der Waals surface area contributed by atoms with Gasteiger partial charge in [0.2, 0.25) is 0 Å². The van der Waals surface area contributed by atoms with Crippen LogP contribution in [0.4, 0.5) is 19.0 Å². The van der Waals surface area contributed by atoms with Crippen molar-refractivity contribution < 1.29 is 22.6 Å². The van der Waals surface area contributed by atoms with Gasteiger partial charge in [0.05, 0.1) is 16.3 Å². The number of hydrogen-bond acceptors (Lipinski definition) is 6. The Kier molecular flexibility index (Phi) is 6.12. The summed E-state index contributed by atoms with van der Waals surface area (Å²) in [6, 6.07) is 3.34. The summed E-state index contributed by atoms with van der Waals surface area (Å²) >= 11 is 2.41. The lowest BCUT2D eigenvalue weighted by molar-refractivity contribution is -0.274. The number of likely N-dealkylation sites (tertiary alicyclic amines) is 1. The first-order valence-corrected chi connectivity index (χ1v) is 11.3. The van der Waals surface area contributed by atoms with Gasteiger partial charge < -0.3 is 15.2 Å². The lowest BCUT2D eigenvalue weighted by atomic mass is 10.1. The fourth-order valence-corrected chi connectivity index (χ4v) is 5.30. The summed E-state index contributed by atoms with van der Waals surface area (Å²) < 4.78 is 49.6. The Bertz CT molecular complexity index is 939. The highest BCUT2D eigenvalue weighted by atomic mass is 127. The number of fused-ring (bicyclic) bond motifs is 1. The molecular formula is C20H25F3IN5O2. The molecule has 2 aromatic heterocycles. The standard InChI is InChI=1S/C20H25F3IN5O2/c1-10(2)29-15(18-12-7-28(8-13(12)18)17(24)9-30-3)5-14(27-29)11-4-16(19(25)26-6-11)31-20(21,22)23/h4-6,10,12-13,17-18H,7-9H2,1-3H3,(H2,25,26). The molecule has 3 atom stereocenters. The molecule has 2 N–H and O–H groups in total. The van der Waals surface area contributed by atoms with Crippen LogP contribution in [0, 0.1) is 11.8 Å². The first-order valence-electron chi connectivity index (χ1n) is 10.1. The van der Waals surface area contributed by atoms with Gasteiger partial charge in [-0.3, -0.25) is 9.58 Å². The largest absolute Gasteiger partial charge is 0.573 e. The van der Waals surface area contributed by atoms with Crippen LogP contribution in [0.15, 0.2) is 18.3 Å². The topological polar surface area (TPSA) is 78.4 Å². The average Bonchev–Trinajstić information content (AvgIpc) is 3.05. The van der Waals surface area contributed by atoms with E-state index in [4.69, 9.17) is 10.5 Å².